The van der Waals surface area contributed by atoms with Gasteiger partial charge < -0.3 is 5.11 Å². The zero-order valence-electron chi connectivity index (χ0n) is 18.1. The van der Waals surface area contributed by atoms with Gasteiger partial charge in [0.15, 0.2) is 0 Å². The molecule has 0 aliphatic heterocycles. The molecule has 12 heteroatoms. The molecule has 1 aliphatic carbocycles. The fourth-order valence-electron chi connectivity index (χ4n) is 4.26. The van der Waals surface area contributed by atoms with E-state index in [1.54, 1.807) is 16.9 Å². The van der Waals surface area contributed by atoms with Gasteiger partial charge in [-0.3, -0.25) is 13.7 Å². The van der Waals surface area contributed by atoms with Gasteiger partial charge in [0.2, 0.25) is 5.78 Å². The van der Waals surface area contributed by atoms with Crippen LogP contribution < -0.4 is 5.14 Å². The first-order chi connectivity index (χ1) is 16.2. The molecule has 3 atom stereocenters. The summed E-state index contributed by atoms with van der Waals surface area (Å²) in [5, 5.41) is 19.6. The van der Waals surface area contributed by atoms with Crippen molar-refractivity contribution in [3.63, 3.8) is 0 Å². The van der Waals surface area contributed by atoms with Gasteiger partial charge in [0.05, 0.1) is 30.5 Å². The molecule has 0 saturated heterocycles. The maximum absolute atomic E-state index is 13.2. The van der Waals surface area contributed by atoms with E-state index < -0.39 is 16.4 Å². The summed E-state index contributed by atoms with van der Waals surface area (Å²) in [6.07, 6.45) is 5.32. The van der Waals surface area contributed by atoms with Crippen molar-refractivity contribution in [3.8, 4) is 0 Å². The molecule has 10 nitrogen and oxygen atoms in total. The van der Waals surface area contributed by atoms with Crippen molar-refractivity contribution in [2.75, 3.05) is 6.61 Å². The van der Waals surface area contributed by atoms with Gasteiger partial charge in [0.1, 0.15) is 12.0 Å². The standard InChI is InChI=1S/C22H24IN5O5S/c23-17-3-1-2-14(7-17)11-28-5-4-19(27-28)22(30)18-10-25-13-26-20(18)8-15-6-16(21(29)9-15)12-33-34(24,31)32/h1-5,7,10,13,15-16,21,29H,6,8-9,11-12H2,(H2,24,31,32)/t15-,16+,21-/m0/s1. The lowest BCUT2D eigenvalue weighted by atomic mass is 9.96. The molecule has 180 valence electrons. The molecule has 3 N–H and O–H groups in total. The molecule has 0 radical (unpaired) electrons. The Labute approximate surface area is 211 Å². The smallest absolute Gasteiger partial charge is 0.333 e. The Bertz CT molecular complexity index is 1280. The third-order valence-electron chi connectivity index (χ3n) is 5.83. The van der Waals surface area contributed by atoms with Crippen LogP contribution in [-0.4, -0.2) is 51.8 Å². The molecule has 0 unspecified atom stereocenters. The molecule has 1 aromatic carbocycles. The number of carbonyl (C=O) groups excluding carboxylic acids is 1. The molecule has 3 aromatic rings. The highest BCUT2D eigenvalue weighted by atomic mass is 127. The number of carbonyl (C=O) groups is 1. The lowest BCUT2D eigenvalue weighted by molar-refractivity contribution is 0.100. The highest BCUT2D eigenvalue weighted by Crippen LogP contribution is 2.34. The molecule has 34 heavy (non-hydrogen) atoms. The normalized spacial score (nSPS) is 20.5. The van der Waals surface area contributed by atoms with Gasteiger partial charge in [0.25, 0.3) is 0 Å². The molecule has 1 fully saturated rings. The lowest BCUT2D eigenvalue weighted by Gasteiger charge is -2.13. The van der Waals surface area contributed by atoms with Crippen molar-refractivity contribution in [2.45, 2.75) is 31.9 Å². The van der Waals surface area contributed by atoms with E-state index in [0.29, 0.717) is 42.8 Å². The molecular weight excluding hydrogens is 573 g/mol. The Morgan fingerprint density at radius 1 is 1.29 bits per heavy atom. The van der Waals surface area contributed by atoms with Crippen LogP contribution in [0.15, 0.2) is 49.1 Å². The fourth-order valence-corrected chi connectivity index (χ4v) is 5.23. The van der Waals surface area contributed by atoms with Crippen LogP contribution in [0.25, 0.3) is 0 Å². The molecule has 0 bridgehead atoms. The predicted molar refractivity (Wildman–Crippen MR) is 131 cm³/mol. The third-order valence-corrected chi connectivity index (χ3v) is 6.97. The first-order valence-corrected chi connectivity index (χ1v) is 13.2. The zero-order chi connectivity index (χ0) is 24.3. The quantitative estimate of drug-likeness (QED) is 0.280. The zero-order valence-corrected chi connectivity index (χ0v) is 21.1. The Balaban J connectivity index is 1.44. The summed E-state index contributed by atoms with van der Waals surface area (Å²) in [5.74, 6) is -0.630. The van der Waals surface area contributed by atoms with Crippen molar-refractivity contribution >= 4 is 38.7 Å². The van der Waals surface area contributed by atoms with Crippen LogP contribution in [-0.2, 0) is 27.5 Å². The molecule has 1 saturated carbocycles. The Morgan fingerprint density at radius 2 is 2.12 bits per heavy atom. The van der Waals surface area contributed by atoms with Crippen molar-refractivity contribution in [1.29, 1.82) is 0 Å². The number of aliphatic hydroxyl groups excluding tert-OH is 1. The van der Waals surface area contributed by atoms with E-state index in [2.05, 4.69) is 47.9 Å². The van der Waals surface area contributed by atoms with Crippen molar-refractivity contribution in [1.82, 2.24) is 19.7 Å². The SMILES string of the molecule is NS(=O)(=O)OC[C@H]1C[C@@H](Cc2ncncc2C(=O)c2ccn(Cc3cccc(I)c3)n2)C[C@@H]1O. The van der Waals surface area contributed by atoms with Gasteiger partial charge in [-0.2, -0.15) is 13.5 Å². The topological polar surface area (TPSA) is 150 Å². The number of ketones is 1. The minimum absolute atomic E-state index is 0.00337. The van der Waals surface area contributed by atoms with Crippen molar-refractivity contribution < 1.29 is 22.5 Å². The van der Waals surface area contributed by atoms with Gasteiger partial charge in [-0.25, -0.2) is 15.1 Å². The maximum Gasteiger partial charge on any atom is 0.333 e. The van der Waals surface area contributed by atoms with E-state index >= 15 is 0 Å². The summed E-state index contributed by atoms with van der Waals surface area (Å²) in [7, 11) is -4.07. The first kappa shape index (κ1) is 24.9. The first-order valence-electron chi connectivity index (χ1n) is 10.6. The van der Waals surface area contributed by atoms with Gasteiger partial charge in [0, 0.05) is 21.9 Å². The van der Waals surface area contributed by atoms with Crippen LogP contribution in [0.2, 0.25) is 0 Å². The van der Waals surface area contributed by atoms with Gasteiger partial charge in [-0.05, 0) is 71.5 Å². The second-order valence-corrected chi connectivity index (χ2v) is 10.9. The molecule has 0 amide bonds. The van der Waals surface area contributed by atoms with Gasteiger partial charge >= 0.3 is 10.3 Å². The number of nitrogens with two attached hydrogens (primary N) is 1. The Kier molecular flexibility index (Phi) is 7.72. The Hall–Kier alpha value is -2.26. The second kappa shape index (κ2) is 10.6. The van der Waals surface area contributed by atoms with E-state index in [4.69, 9.17) is 5.14 Å². The van der Waals surface area contributed by atoms with Crippen LogP contribution >= 0.6 is 22.6 Å². The van der Waals surface area contributed by atoms with Crippen LogP contribution in [0.5, 0.6) is 0 Å². The number of aromatic nitrogens is 4. The highest BCUT2D eigenvalue weighted by Gasteiger charge is 2.35. The number of aliphatic hydroxyl groups is 1. The number of halogens is 1. The van der Waals surface area contributed by atoms with Crippen LogP contribution in [0.1, 0.15) is 40.2 Å². The molecule has 2 heterocycles. The largest absolute Gasteiger partial charge is 0.393 e. The summed E-state index contributed by atoms with van der Waals surface area (Å²) < 4.78 is 29.6. The third kappa shape index (κ3) is 6.44. The number of hydrogen-bond acceptors (Lipinski definition) is 8. The fraction of sp³-hybridized carbons (Fsp3) is 0.364. The van der Waals surface area contributed by atoms with E-state index in [0.717, 1.165) is 9.13 Å². The summed E-state index contributed by atoms with van der Waals surface area (Å²) >= 11 is 2.25. The highest BCUT2D eigenvalue weighted by molar-refractivity contribution is 14.1. The molecule has 2 aromatic heterocycles. The van der Waals surface area contributed by atoms with Gasteiger partial charge in [-0.15, -0.1) is 0 Å². The maximum atomic E-state index is 13.2. The molecule has 1 aliphatic rings. The van der Waals surface area contributed by atoms with Crippen LogP contribution in [0.4, 0.5) is 0 Å². The Morgan fingerprint density at radius 3 is 2.88 bits per heavy atom. The van der Waals surface area contributed by atoms with E-state index in [1.165, 1.54) is 12.5 Å². The molecule has 4 rings (SSSR count). The van der Waals surface area contributed by atoms with E-state index in [1.807, 2.05) is 18.2 Å². The second-order valence-electron chi connectivity index (χ2n) is 8.39. The number of hydrogen-bond donors (Lipinski definition) is 2. The average Bonchev–Trinajstić information content (AvgIpc) is 3.38. The molecule has 0 spiro atoms. The minimum Gasteiger partial charge on any atom is -0.393 e. The monoisotopic (exact) mass is 597 g/mol. The minimum atomic E-state index is -4.07. The number of benzene rings is 1. The van der Waals surface area contributed by atoms with E-state index in [9.17, 15) is 18.3 Å². The summed E-state index contributed by atoms with van der Waals surface area (Å²) in [6.45, 7) is 0.369. The summed E-state index contributed by atoms with van der Waals surface area (Å²) in [5.41, 5.74) is 2.31. The number of rotatable bonds is 9. The number of nitrogens with zero attached hydrogens (tertiary/aromatic N) is 4. The van der Waals surface area contributed by atoms with Crippen LogP contribution in [0.3, 0.4) is 0 Å². The molecular formula is C22H24IN5O5S. The van der Waals surface area contributed by atoms with Crippen LogP contribution in [0, 0.1) is 15.4 Å². The summed E-state index contributed by atoms with van der Waals surface area (Å²) in [4.78, 5) is 21.5. The summed E-state index contributed by atoms with van der Waals surface area (Å²) in [6, 6.07) is 9.73. The van der Waals surface area contributed by atoms with Crippen molar-refractivity contribution in [3.05, 3.63) is 75.1 Å². The van der Waals surface area contributed by atoms with E-state index in [-0.39, 0.29) is 24.2 Å². The lowest BCUT2D eigenvalue weighted by Crippen LogP contribution is -2.24. The average molecular weight is 597 g/mol. The van der Waals surface area contributed by atoms with Crippen molar-refractivity contribution in [2.24, 2.45) is 17.0 Å². The van der Waals surface area contributed by atoms with Gasteiger partial charge in [-0.1, -0.05) is 12.1 Å². The predicted octanol–water partition coefficient (Wildman–Crippen LogP) is 1.71.